The molecule has 0 spiro atoms. The lowest BCUT2D eigenvalue weighted by Gasteiger charge is -2.19. The summed E-state index contributed by atoms with van der Waals surface area (Å²) in [7, 11) is 1.90. The van der Waals surface area contributed by atoms with Crippen molar-refractivity contribution in [3.05, 3.63) is 83.4 Å². The summed E-state index contributed by atoms with van der Waals surface area (Å²) < 4.78 is 7.40. The minimum absolute atomic E-state index is 0.0879. The standard InChI is InChI=1S/C19H18ClN3O2/c1-23-12-11-21-19(23)18(14-5-3-2-4-6-14)22-17(24)13-25-16-9-7-15(20)8-10-16/h2-12,18H,13H2,1H3,(H,22,24)/t18-/m0/s1. The van der Waals surface area contributed by atoms with Crippen molar-refractivity contribution in [2.75, 3.05) is 6.61 Å². The third kappa shape index (κ3) is 4.39. The van der Waals surface area contributed by atoms with Crippen LogP contribution in [0.4, 0.5) is 0 Å². The zero-order valence-corrected chi connectivity index (χ0v) is 14.5. The average molecular weight is 356 g/mol. The summed E-state index contributed by atoms with van der Waals surface area (Å²) in [5.41, 5.74) is 0.955. The van der Waals surface area contributed by atoms with Gasteiger partial charge in [-0.3, -0.25) is 4.79 Å². The van der Waals surface area contributed by atoms with E-state index in [1.165, 1.54) is 0 Å². The van der Waals surface area contributed by atoms with Crippen LogP contribution in [-0.2, 0) is 11.8 Å². The topological polar surface area (TPSA) is 56.2 Å². The Hall–Kier alpha value is -2.79. The van der Waals surface area contributed by atoms with Gasteiger partial charge in [-0.05, 0) is 29.8 Å². The normalized spacial score (nSPS) is 11.8. The Kier molecular flexibility index (Phi) is 5.36. The summed E-state index contributed by atoms with van der Waals surface area (Å²) in [4.78, 5) is 16.7. The quantitative estimate of drug-likeness (QED) is 0.737. The molecule has 5 nitrogen and oxygen atoms in total. The van der Waals surface area contributed by atoms with Gasteiger partial charge in [0.15, 0.2) is 6.61 Å². The molecular weight excluding hydrogens is 338 g/mol. The molecule has 0 radical (unpaired) electrons. The van der Waals surface area contributed by atoms with Gasteiger partial charge in [0, 0.05) is 24.5 Å². The van der Waals surface area contributed by atoms with Crippen LogP contribution < -0.4 is 10.1 Å². The number of carbonyl (C=O) groups excluding carboxylic acids is 1. The Morgan fingerprint density at radius 1 is 1.20 bits per heavy atom. The fraction of sp³-hybridized carbons (Fsp3) is 0.158. The number of halogens is 1. The molecule has 1 heterocycles. The Bertz CT molecular complexity index is 831. The second kappa shape index (κ2) is 7.85. The van der Waals surface area contributed by atoms with Gasteiger partial charge in [-0.15, -0.1) is 0 Å². The number of hydrogen-bond donors (Lipinski definition) is 1. The van der Waals surface area contributed by atoms with Crippen LogP contribution in [0.5, 0.6) is 5.75 Å². The Morgan fingerprint density at radius 2 is 1.92 bits per heavy atom. The van der Waals surface area contributed by atoms with Crippen LogP contribution in [-0.4, -0.2) is 22.1 Å². The molecule has 1 N–H and O–H groups in total. The number of amides is 1. The Labute approximate surface area is 151 Å². The minimum atomic E-state index is -0.345. The zero-order chi connectivity index (χ0) is 17.6. The first-order valence-electron chi connectivity index (χ1n) is 7.83. The first-order chi connectivity index (χ1) is 12.1. The number of aryl methyl sites for hydroxylation is 1. The van der Waals surface area contributed by atoms with Gasteiger partial charge < -0.3 is 14.6 Å². The Morgan fingerprint density at radius 3 is 2.56 bits per heavy atom. The third-order valence-electron chi connectivity index (χ3n) is 3.74. The molecule has 0 unspecified atom stereocenters. The van der Waals surface area contributed by atoms with Gasteiger partial charge >= 0.3 is 0 Å². The van der Waals surface area contributed by atoms with Crippen LogP contribution in [0.1, 0.15) is 17.4 Å². The fourth-order valence-corrected chi connectivity index (χ4v) is 2.61. The monoisotopic (exact) mass is 355 g/mol. The summed E-state index contributed by atoms with van der Waals surface area (Å²) in [6.45, 7) is -0.0879. The van der Waals surface area contributed by atoms with Gasteiger partial charge in [-0.25, -0.2) is 4.98 Å². The molecule has 3 rings (SSSR count). The second-order valence-electron chi connectivity index (χ2n) is 5.55. The highest BCUT2D eigenvalue weighted by molar-refractivity contribution is 6.30. The summed E-state index contributed by atoms with van der Waals surface area (Å²) in [5, 5.41) is 3.61. The van der Waals surface area contributed by atoms with Gasteiger partial charge in [0.2, 0.25) is 0 Å². The SMILES string of the molecule is Cn1ccnc1[C@@H](NC(=O)COc1ccc(Cl)cc1)c1ccccc1. The van der Waals surface area contributed by atoms with Gasteiger partial charge in [0.05, 0.1) is 0 Å². The molecular formula is C19H18ClN3O2. The molecule has 3 aromatic rings. The van der Waals surface area contributed by atoms with E-state index >= 15 is 0 Å². The first-order valence-corrected chi connectivity index (χ1v) is 8.21. The smallest absolute Gasteiger partial charge is 0.258 e. The van der Waals surface area contributed by atoms with Crippen molar-refractivity contribution in [2.24, 2.45) is 7.05 Å². The number of carbonyl (C=O) groups is 1. The third-order valence-corrected chi connectivity index (χ3v) is 3.99. The molecule has 0 saturated heterocycles. The maximum atomic E-state index is 12.4. The summed E-state index contributed by atoms with van der Waals surface area (Å²) >= 11 is 5.84. The zero-order valence-electron chi connectivity index (χ0n) is 13.7. The molecule has 0 aliphatic carbocycles. The van der Waals surface area contributed by atoms with Crippen molar-refractivity contribution in [1.29, 1.82) is 0 Å². The van der Waals surface area contributed by atoms with Gasteiger partial charge in [-0.1, -0.05) is 41.9 Å². The molecule has 0 fully saturated rings. The molecule has 0 bridgehead atoms. The number of aromatic nitrogens is 2. The van der Waals surface area contributed by atoms with Crippen LogP contribution in [0.3, 0.4) is 0 Å². The van der Waals surface area contributed by atoms with Gasteiger partial charge in [0.1, 0.15) is 17.6 Å². The number of nitrogens with one attached hydrogen (secondary N) is 1. The predicted octanol–water partition coefficient (Wildman–Crippen LogP) is 3.36. The van der Waals surface area contributed by atoms with Crippen molar-refractivity contribution in [3.8, 4) is 5.75 Å². The van der Waals surface area contributed by atoms with Crippen LogP contribution in [0.25, 0.3) is 0 Å². The van der Waals surface area contributed by atoms with E-state index in [1.807, 2.05) is 48.1 Å². The maximum absolute atomic E-state index is 12.4. The number of nitrogens with zero attached hydrogens (tertiary/aromatic N) is 2. The van der Waals surface area contributed by atoms with E-state index in [9.17, 15) is 4.79 Å². The molecule has 25 heavy (non-hydrogen) atoms. The Balaban J connectivity index is 1.71. The summed E-state index contributed by atoms with van der Waals surface area (Å²) in [6.07, 6.45) is 3.56. The molecule has 128 valence electrons. The first kappa shape index (κ1) is 17.0. The molecule has 1 amide bonds. The molecule has 1 atom stereocenters. The maximum Gasteiger partial charge on any atom is 0.258 e. The highest BCUT2D eigenvalue weighted by Crippen LogP contribution is 2.20. The number of hydrogen-bond acceptors (Lipinski definition) is 3. The molecule has 2 aromatic carbocycles. The second-order valence-corrected chi connectivity index (χ2v) is 5.99. The number of imidazole rings is 1. The largest absolute Gasteiger partial charge is 0.484 e. The highest BCUT2D eigenvalue weighted by atomic mass is 35.5. The van der Waals surface area contributed by atoms with E-state index < -0.39 is 0 Å². The molecule has 6 heteroatoms. The minimum Gasteiger partial charge on any atom is -0.484 e. The molecule has 0 aliphatic heterocycles. The van der Waals surface area contributed by atoms with E-state index in [4.69, 9.17) is 16.3 Å². The fourth-order valence-electron chi connectivity index (χ4n) is 2.48. The number of ether oxygens (including phenoxy) is 1. The van der Waals surface area contributed by atoms with E-state index in [0.29, 0.717) is 10.8 Å². The van der Waals surface area contributed by atoms with Gasteiger partial charge in [0.25, 0.3) is 5.91 Å². The van der Waals surface area contributed by atoms with Crippen LogP contribution in [0.15, 0.2) is 67.0 Å². The molecule has 1 aromatic heterocycles. The van der Waals surface area contributed by atoms with Crippen molar-refractivity contribution in [2.45, 2.75) is 6.04 Å². The van der Waals surface area contributed by atoms with Crippen molar-refractivity contribution in [1.82, 2.24) is 14.9 Å². The molecule has 0 saturated carbocycles. The lowest BCUT2D eigenvalue weighted by molar-refractivity contribution is -0.123. The van der Waals surface area contributed by atoms with Crippen molar-refractivity contribution in [3.63, 3.8) is 0 Å². The van der Waals surface area contributed by atoms with Crippen LogP contribution >= 0.6 is 11.6 Å². The number of benzene rings is 2. The van der Waals surface area contributed by atoms with Gasteiger partial charge in [-0.2, -0.15) is 0 Å². The summed E-state index contributed by atoms with van der Waals surface area (Å²) in [6, 6.07) is 16.3. The van der Waals surface area contributed by atoms with Crippen LogP contribution in [0, 0.1) is 0 Å². The van der Waals surface area contributed by atoms with E-state index in [0.717, 1.165) is 11.4 Å². The van der Waals surface area contributed by atoms with E-state index in [-0.39, 0.29) is 18.6 Å². The molecule has 0 aliphatic rings. The van der Waals surface area contributed by atoms with E-state index in [1.54, 1.807) is 30.5 Å². The average Bonchev–Trinajstić information content (AvgIpc) is 3.06. The van der Waals surface area contributed by atoms with E-state index in [2.05, 4.69) is 10.3 Å². The lowest BCUT2D eigenvalue weighted by atomic mass is 10.1. The number of rotatable bonds is 6. The lowest BCUT2D eigenvalue weighted by Crippen LogP contribution is -2.34. The van der Waals surface area contributed by atoms with Crippen LogP contribution in [0.2, 0.25) is 5.02 Å². The summed E-state index contributed by atoms with van der Waals surface area (Å²) in [5.74, 6) is 1.12. The highest BCUT2D eigenvalue weighted by Gasteiger charge is 2.20. The predicted molar refractivity (Wildman–Crippen MR) is 96.6 cm³/mol. The van der Waals surface area contributed by atoms with Crippen molar-refractivity contribution >= 4 is 17.5 Å². The van der Waals surface area contributed by atoms with Crippen molar-refractivity contribution < 1.29 is 9.53 Å².